The molecule has 20 heavy (non-hydrogen) atoms. The van der Waals surface area contributed by atoms with E-state index in [9.17, 15) is 9.18 Å². The fourth-order valence-electron chi connectivity index (χ4n) is 2.08. The summed E-state index contributed by atoms with van der Waals surface area (Å²) in [7, 11) is 1.41. The van der Waals surface area contributed by atoms with Crippen LogP contribution in [0.1, 0.15) is 18.5 Å². The topological polar surface area (TPSA) is 59.6 Å². The molecule has 1 fully saturated rings. The number of rotatable bonds is 4. The molecule has 0 aromatic heterocycles. The molecule has 2 unspecified atom stereocenters. The van der Waals surface area contributed by atoms with Crippen LogP contribution >= 0.6 is 0 Å². The Hall–Kier alpha value is -1.66. The first-order valence-electron chi connectivity index (χ1n) is 6.56. The Bertz CT molecular complexity index is 475. The van der Waals surface area contributed by atoms with Crippen molar-refractivity contribution in [3.8, 4) is 5.75 Å². The van der Waals surface area contributed by atoms with Crippen molar-refractivity contribution < 1.29 is 18.7 Å². The Morgan fingerprint density at radius 3 is 3.00 bits per heavy atom. The molecular formula is C14H19FN2O3. The summed E-state index contributed by atoms with van der Waals surface area (Å²) in [5.74, 6) is -0.395. The molecule has 1 heterocycles. The van der Waals surface area contributed by atoms with Crippen LogP contribution in [-0.2, 0) is 9.53 Å². The van der Waals surface area contributed by atoms with E-state index in [1.54, 1.807) is 12.1 Å². The average Bonchev–Trinajstić information content (AvgIpc) is 2.48. The van der Waals surface area contributed by atoms with Crippen molar-refractivity contribution in [3.63, 3.8) is 0 Å². The van der Waals surface area contributed by atoms with Gasteiger partial charge in [-0.25, -0.2) is 4.39 Å². The predicted octanol–water partition coefficient (Wildman–Crippen LogP) is 1.000. The van der Waals surface area contributed by atoms with Crippen LogP contribution in [0.3, 0.4) is 0 Å². The highest BCUT2D eigenvalue weighted by molar-refractivity contribution is 5.82. The molecule has 2 rings (SSSR count). The third-order valence-electron chi connectivity index (χ3n) is 3.27. The Balaban J connectivity index is 1.98. The van der Waals surface area contributed by atoms with E-state index in [0.29, 0.717) is 25.3 Å². The second-order valence-electron chi connectivity index (χ2n) is 4.71. The fraction of sp³-hybridized carbons (Fsp3) is 0.500. The maximum absolute atomic E-state index is 13.6. The van der Waals surface area contributed by atoms with Gasteiger partial charge in [0.1, 0.15) is 6.04 Å². The predicted molar refractivity (Wildman–Crippen MR) is 72.1 cm³/mol. The SMILES string of the molecule is COc1ccc(C(C)NC(=O)C2COCCN2)cc1F. The van der Waals surface area contributed by atoms with Gasteiger partial charge in [0.15, 0.2) is 11.6 Å². The van der Waals surface area contributed by atoms with Crippen molar-refractivity contribution in [3.05, 3.63) is 29.6 Å². The lowest BCUT2D eigenvalue weighted by Gasteiger charge is -2.25. The Kier molecular flexibility index (Phi) is 4.92. The monoisotopic (exact) mass is 282 g/mol. The first-order valence-corrected chi connectivity index (χ1v) is 6.56. The molecule has 1 amide bonds. The zero-order chi connectivity index (χ0) is 14.5. The van der Waals surface area contributed by atoms with Gasteiger partial charge in [-0.05, 0) is 24.6 Å². The standard InChI is InChI=1S/C14H19FN2O3/c1-9(10-3-4-13(19-2)11(15)7-10)17-14(18)12-8-20-6-5-16-12/h3-4,7,9,12,16H,5-6,8H2,1-2H3,(H,17,18). The van der Waals surface area contributed by atoms with Gasteiger partial charge in [0.05, 0.1) is 26.4 Å². The lowest BCUT2D eigenvalue weighted by molar-refractivity contribution is -0.126. The molecule has 5 nitrogen and oxygen atoms in total. The lowest BCUT2D eigenvalue weighted by Crippen LogP contribution is -2.51. The lowest BCUT2D eigenvalue weighted by atomic mass is 10.1. The number of methoxy groups -OCH3 is 1. The molecule has 1 aromatic carbocycles. The Morgan fingerprint density at radius 2 is 2.40 bits per heavy atom. The first kappa shape index (κ1) is 14.7. The van der Waals surface area contributed by atoms with E-state index in [1.807, 2.05) is 6.92 Å². The van der Waals surface area contributed by atoms with Gasteiger partial charge < -0.3 is 20.1 Å². The molecule has 0 aliphatic carbocycles. The second kappa shape index (κ2) is 6.67. The number of carbonyl (C=O) groups excluding carboxylic acids is 1. The summed E-state index contributed by atoms with van der Waals surface area (Å²) in [5.41, 5.74) is 0.688. The third kappa shape index (κ3) is 3.46. The van der Waals surface area contributed by atoms with Crippen molar-refractivity contribution in [2.45, 2.75) is 19.0 Å². The summed E-state index contributed by atoms with van der Waals surface area (Å²) < 4.78 is 23.7. The van der Waals surface area contributed by atoms with Gasteiger partial charge in [0.2, 0.25) is 5.91 Å². The Morgan fingerprint density at radius 1 is 1.60 bits per heavy atom. The molecule has 0 radical (unpaired) electrons. The van der Waals surface area contributed by atoms with E-state index in [2.05, 4.69) is 10.6 Å². The zero-order valence-corrected chi connectivity index (χ0v) is 11.6. The van der Waals surface area contributed by atoms with Gasteiger partial charge in [-0.15, -0.1) is 0 Å². The highest BCUT2D eigenvalue weighted by Crippen LogP contribution is 2.21. The van der Waals surface area contributed by atoms with Crippen LogP contribution in [0.4, 0.5) is 4.39 Å². The second-order valence-corrected chi connectivity index (χ2v) is 4.71. The first-order chi connectivity index (χ1) is 9.61. The molecule has 6 heteroatoms. The highest BCUT2D eigenvalue weighted by Gasteiger charge is 2.22. The van der Waals surface area contributed by atoms with Crippen molar-refractivity contribution in [2.75, 3.05) is 26.9 Å². The normalized spacial score (nSPS) is 20.2. The molecule has 0 saturated carbocycles. The number of carbonyl (C=O) groups is 1. The molecule has 2 N–H and O–H groups in total. The molecule has 1 aliphatic heterocycles. The van der Waals surface area contributed by atoms with E-state index >= 15 is 0 Å². The van der Waals surface area contributed by atoms with Crippen LogP contribution in [0.5, 0.6) is 5.75 Å². The maximum Gasteiger partial charge on any atom is 0.240 e. The summed E-state index contributed by atoms with van der Waals surface area (Å²) in [5, 5.41) is 5.92. The summed E-state index contributed by atoms with van der Waals surface area (Å²) >= 11 is 0. The number of morpholine rings is 1. The van der Waals surface area contributed by atoms with E-state index in [4.69, 9.17) is 9.47 Å². The van der Waals surface area contributed by atoms with Crippen LogP contribution in [0.25, 0.3) is 0 Å². The van der Waals surface area contributed by atoms with Gasteiger partial charge >= 0.3 is 0 Å². The minimum Gasteiger partial charge on any atom is -0.494 e. The molecular weight excluding hydrogens is 263 g/mol. The summed E-state index contributed by atoms with van der Waals surface area (Å²) in [6, 6.07) is 4.02. The molecule has 0 bridgehead atoms. The average molecular weight is 282 g/mol. The highest BCUT2D eigenvalue weighted by atomic mass is 19.1. The van der Waals surface area contributed by atoms with Crippen LogP contribution in [0.2, 0.25) is 0 Å². The van der Waals surface area contributed by atoms with Crippen molar-refractivity contribution in [1.82, 2.24) is 10.6 Å². The number of halogens is 1. The number of amides is 1. The maximum atomic E-state index is 13.6. The van der Waals surface area contributed by atoms with Crippen LogP contribution < -0.4 is 15.4 Å². The molecule has 0 spiro atoms. The number of hydrogen-bond donors (Lipinski definition) is 2. The molecule has 1 saturated heterocycles. The van der Waals surface area contributed by atoms with Crippen molar-refractivity contribution in [2.24, 2.45) is 0 Å². The molecule has 1 aliphatic rings. The van der Waals surface area contributed by atoms with Gasteiger partial charge in [-0.1, -0.05) is 6.07 Å². The van der Waals surface area contributed by atoms with Gasteiger partial charge in [-0.3, -0.25) is 4.79 Å². The molecule has 2 atom stereocenters. The molecule has 110 valence electrons. The van der Waals surface area contributed by atoms with E-state index in [-0.39, 0.29) is 23.7 Å². The number of hydrogen-bond acceptors (Lipinski definition) is 4. The van der Waals surface area contributed by atoms with Crippen LogP contribution in [-0.4, -0.2) is 38.8 Å². The van der Waals surface area contributed by atoms with Gasteiger partial charge in [-0.2, -0.15) is 0 Å². The number of benzene rings is 1. The number of ether oxygens (including phenoxy) is 2. The van der Waals surface area contributed by atoms with E-state index < -0.39 is 5.82 Å². The van der Waals surface area contributed by atoms with E-state index in [0.717, 1.165) is 0 Å². The van der Waals surface area contributed by atoms with Crippen LogP contribution in [0, 0.1) is 5.82 Å². The minimum absolute atomic E-state index is 0.145. The van der Waals surface area contributed by atoms with Crippen LogP contribution in [0.15, 0.2) is 18.2 Å². The number of nitrogens with one attached hydrogen (secondary N) is 2. The smallest absolute Gasteiger partial charge is 0.240 e. The van der Waals surface area contributed by atoms with E-state index in [1.165, 1.54) is 13.2 Å². The quantitative estimate of drug-likeness (QED) is 0.865. The van der Waals surface area contributed by atoms with Gasteiger partial charge in [0.25, 0.3) is 0 Å². The van der Waals surface area contributed by atoms with Crippen molar-refractivity contribution >= 4 is 5.91 Å². The minimum atomic E-state index is -0.440. The Labute approximate surface area is 117 Å². The largest absolute Gasteiger partial charge is 0.494 e. The third-order valence-corrected chi connectivity index (χ3v) is 3.27. The molecule has 1 aromatic rings. The summed E-state index contributed by atoms with van der Waals surface area (Å²) in [4.78, 5) is 12.0. The summed E-state index contributed by atoms with van der Waals surface area (Å²) in [6.07, 6.45) is 0. The van der Waals surface area contributed by atoms with Crippen molar-refractivity contribution in [1.29, 1.82) is 0 Å². The fourth-order valence-corrected chi connectivity index (χ4v) is 2.08. The zero-order valence-electron chi connectivity index (χ0n) is 11.6. The van der Waals surface area contributed by atoms with Gasteiger partial charge in [0, 0.05) is 6.54 Å². The summed E-state index contributed by atoms with van der Waals surface area (Å²) in [6.45, 7) is 3.44.